The first kappa shape index (κ1) is 9.02. The first-order chi connectivity index (χ1) is 5.72. The van der Waals surface area contributed by atoms with Crippen molar-refractivity contribution in [1.29, 1.82) is 0 Å². The van der Waals surface area contributed by atoms with E-state index in [0.717, 1.165) is 0 Å². The molecule has 5 heteroatoms. The fourth-order valence-electron chi connectivity index (χ4n) is 0.940. The van der Waals surface area contributed by atoms with Gasteiger partial charge in [-0.1, -0.05) is 0 Å². The van der Waals surface area contributed by atoms with E-state index in [9.17, 15) is 5.11 Å². The van der Waals surface area contributed by atoms with Crippen molar-refractivity contribution in [3.63, 3.8) is 0 Å². The van der Waals surface area contributed by atoms with E-state index in [4.69, 9.17) is 10.5 Å². The van der Waals surface area contributed by atoms with E-state index < -0.39 is 6.10 Å². The Morgan fingerprint density at radius 3 is 3.08 bits per heavy atom. The highest BCUT2D eigenvalue weighted by Crippen LogP contribution is 1.99. The first-order valence-electron chi connectivity index (χ1n) is 3.67. The average molecular weight is 171 g/mol. The Kier molecular flexibility index (Phi) is 3.07. The summed E-state index contributed by atoms with van der Waals surface area (Å²) < 4.78 is 6.34. The molecule has 1 atom stereocenters. The van der Waals surface area contributed by atoms with E-state index in [1.165, 1.54) is 0 Å². The summed E-state index contributed by atoms with van der Waals surface area (Å²) in [5.74, 6) is 0. The molecule has 0 amide bonds. The molecule has 0 aliphatic carbocycles. The Morgan fingerprint density at radius 1 is 1.83 bits per heavy atom. The van der Waals surface area contributed by atoms with Crippen molar-refractivity contribution in [3.8, 4) is 0 Å². The van der Waals surface area contributed by atoms with E-state index in [0.29, 0.717) is 18.8 Å². The molecule has 0 bridgehead atoms. The van der Waals surface area contributed by atoms with Crippen LogP contribution >= 0.6 is 0 Å². The van der Waals surface area contributed by atoms with Crippen molar-refractivity contribution in [2.45, 2.75) is 12.6 Å². The third kappa shape index (κ3) is 2.52. The van der Waals surface area contributed by atoms with Crippen molar-refractivity contribution >= 4 is 5.69 Å². The van der Waals surface area contributed by atoms with E-state index in [1.54, 1.807) is 24.2 Å². The van der Waals surface area contributed by atoms with Crippen LogP contribution in [0.3, 0.4) is 0 Å². The number of aliphatic hydroxyl groups excluding tert-OH is 1. The van der Waals surface area contributed by atoms with Gasteiger partial charge < -0.3 is 15.6 Å². The maximum Gasteiger partial charge on any atom is 0.0968 e. The molecule has 1 heterocycles. The van der Waals surface area contributed by atoms with Crippen LogP contribution in [-0.4, -0.2) is 34.7 Å². The predicted octanol–water partition coefficient (Wildman–Crippen LogP) is -0.527. The monoisotopic (exact) mass is 171 g/mol. The Hall–Kier alpha value is -1.07. The third-order valence-corrected chi connectivity index (χ3v) is 1.41. The minimum atomic E-state index is -0.533. The van der Waals surface area contributed by atoms with Crippen molar-refractivity contribution in [1.82, 2.24) is 9.78 Å². The van der Waals surface area contributed by atoms with Crippen LogP contribution in [0, 0.1) is 0 Å². The first-order valence-corrected chi connectivity index (χ1v) is 3.67. The summed E-state index contributed by atoms with van der Waals surface area (Å²) in [6.45, 7) is 0.713. The summed E-state index contributed by atoms with van der Waals surface area (Å²) in [6.07, 6.45) is 2.67. The molecule has 68 valence electrons. The average Bonchev–Trinajstić information content (AvgIpc) is 2.36. The van der Waals surface area contributed by atoms with Crippen LogP contribution in [0.15, 0.2) is 12.4 Å². The maximum absolute atomic E-state index is 9.29. The number of hydrogen-bond donors (Lipinski definition) is 2. The van der Waals surface area contributed by atoms with Crippen molar-refractivity contribution in [3.05, 3.63) is 12.4 Å². The highest BCUT2D eigenvalue weighted by Gasteiger charge is 2.04. The number of nitrogens with two attached hydrogens (primary N) is 1. The van der Waals surface area contributed by atoms with E-state index in [-0.39, 0.29) is 0 Å². The van der Waals surface area contributed by atoms with E-state index >= 15 is 0 Å². The molecule has 0 spiro atoms. The van der Waals surface area contributed by atoms with Gasteiger partial charge in [0.2, 0.25) is 0 Å². The number of anilines is 1. The summed E-state index contributed by atoms with van der Waals surface area (Å²) >= 11 is 0. The number of ether oxygens (including phenoxy) is 1. The van der Waals surface area contributed by atoms with Crippen LogP contribution in [0.25, 0.3) is 0 Å². The second kappa shape index (κ2) is 4.08. The molecule has 1 unspecified atom stereocenters. The Bertz CT molecular complexity index is 236. The molecule has 5 nitrogen and oxygen atoms in total. The second-order valence-corrected chi connectivity index (χ2v) is 2.60. The second-order valence-electron chi connectivity index (χ2n) is 2.60. The minimum absolute atomic E-state index is 0.305. The number of aromatic nitrogens is 2. The molecule has 0 saturated carbocycles. The van der Waals surface area contributed by atoms with Crippen LogP contribution in [-0.2, 0) is 11.3 Å². The molecule has 12 heavy (non-hydrogen) atoms. The largest absolute Gasteiger partial charge is 0.396 e. The Morgan fingerprint density at radius 2 is 2.58 bits per heavy atom. The lowest BCUT2D eigenvalue weighted by Crippen LogP contribution is -2.21. The van der Waals surface area contributed by atoms with Crippen LogP contribution in [0.1, 0.15) is 0 Å². The molecule has 1 rings (SSSR count). The van der Waals surface area contributed by atoms with Gasteiger partial charge in [-0.15, -0.1) is 0 Å². The summed E-state index contributed by atoms with van der Waals surface area (Å²) in [7, 11) is 1.54. The standard InChI is InChI=1S/C7H13N3O2/c1-12-5-7(11)4-10-3-6(8)2-9-10/h2-3,7,11H,4-5,8H2,1H3. The van der Waals surface area contributed by atoms with Crippen LogP contribution in [0.5, 0.6) is 0 Å². The van der Waals surface area contributed by atoms with Crippen LogP contribution < -0.4 is 5.73 Å². The fraction of sp³-hybridized carbons (Fsp3) is 0.571. The lowest BCUT2D eigenvalue weighted by atomic mass is 10.4. The van der Waals surface area contributed by atoms with Gasteiger partial charge in [-0.25, -0.2) is 0 Å². The number of nitrogen functional groups attached to an aromatic ring is 1. The number of rotatable bonds is 4. The molecule has 0 aliphatic heterocycles. The van der Waals surface area contributed by atoms with Gasteiger partial charge in [0.05, 0.1) is 31.1 Å². The van der Waals surface area contributed by atoms with Crippen molar-refractivity contribution in [2.24, 2.45) is 0 Å². The topological polar surface area (TPSA) is 73.3 Å². The molecule has 0 fully saturated rings. The molecular formula is C7H13N3O2. The fourth-order valence-corrected chi connectivity index (χ4v) is 0.940. The molecule has 0 aliphatic rings. The van der Waals surface area contributed by atoms with Crippen molar-refractivity contribution < 1.29 is 9.84 Å². The van der Waals surface area contributed by atoms with Gasteiger partial charge in [-0.05, 0) is 0 Å². The summed E-state index contributed by atoms with van der Waals surface area (Å²) in [5, 5.41) is 13.2. The van der Waals surface area contributed by atoms with Gasteiger partial charge in [-0.3, -0.25) is 4.68 Å². The van der Waals surface area contributed by atoms with Gasteiger partial charge >= 0.3 is 0 Å². The van der Waals surface area contributed by atoms with Gasteiger partial charge in [-0.2, -0.15) is 5.10 Å². The highest BCUT2D eigenvalue weighted by molar-refractivity contribution is 5.30. The zero-order valence-corrected chi connectivity index (χ0v) is 6.97. The van der Waals surface area contributed by atoms with E-state index in [1.807, 2.05) is 0 Å². The van der Waals surface area contributed by atoms with Gasteiger partial charge in [0.1, 0.15) is 0 Å². The maximum atomic E-state index is 9.29. The third-order valence-electron chi connectivity index (χ3n) is 1.41. The Balaban J connectivity index is 2.41. The molecular weight excluding hydrogens is 158 g/mol. The molecule has 0 aromatic carbocycles. The van der Waals surface area contributed by atoms with Gasteiger partial charge in [0, 0.05) is 13.3 Å². The number of methoxy groups -OCH3 is 1. The number of aliphatic hydroxyl groups is 1. The van der Waals surface area contributed by atoms with E-state index in [2.05, 4.69) is 5.10 Å². The van der Waals surface area contributed by atoms with Gasteiger partial charge in [0.25, 0.3) is 0 Å². The quantitative estimate of drug-likeness (QED) is 0.639. The minimum Gasteiger partial charge on any atom is -0.396 e. The van der Waals surface area contributed by atoms with Crippen LogP contribution in [0.4, 0.5) is 5.69 Å². The molecule has 0 saturated heterocycles. The summed E-state index contributed by atoms with van der Waals surface area (Å²) in [4.78, 5) is 0. The number of nitrogens with zero attached hydrogens (tertiary/aromatic N) is 2. The molecule has 3 N–H and O–H groups in total. The highest BCUT2D eigenvalue weighted by atomic mass is 16.5. The predicted molar refractivity (Wildman–Crippen MR) is 44.5 cm³/mol. The lowest BCUT2D eigenvalue weighted by Gasteiger charge is -2.08. The van der Waals surface area contributed by atoms with Gasteiger partial charge in [0.15, 0.2) is 0 Å². The zero-order chi connectivity index (χ0) is 8.97. The lowest BCUT2D eigenvalue weighted by molar-refractivity contribution is 0.0514. The van der Waals surface area contributed by atoms with Crippen molar-refractivity contribution in [2.75, 3.05) is 19.5 Å². The van der Waals surface area contributed by atoms with Crippen LogP contribution in [0.2, 0.25) is 0 Å². The smallest absolute Gasteiger partial charge is 0.0968 e. The normalized spacial score (nSPS) is 13.2. The SMILES string of the molecule is COCC(O)Cn1cc(N)cn1. The zero-order valence-electron chi connectivity index (χ0n) is 6.97. The summed E-state index contributed by atoms with van der Waals surface area (Å²) in [5.41, 5.74) is 6.03. The molecule has 1 aromatic rings. The summed E-state index contributed by atoms with van der Waals surface area (Å²) in [6, 6.07) is 0. The Labute approximate surface area is 70.7 Å². The number of hydrogen-bond acceptors (Lipinski definition) is 4. The molecule has 1 aromatic heterocycles. The molecule has 0 radical (unpaired) electrons.